The smallest absolute Gasteiger partial charge is 0.416 e. The lowest BCUT2D eigenvalue weighted by Crippen LogP contribution is -2.34. The summed E-state index contributed by atoms with van der Waals surface area (Å²) in [5, 5.41) is 11.1. The van der Waals surface area contributed by atoms with Gasteiger partial charge in [0.25, 0.3) is 5.91 Å². The zero-order chi connectivity index (χ0) is 24.7. The molecule has 0 aliphatic heterocycles. The first-order chi connectivity index (χ1) is 16.2. The average Bonchev–Trinajstić information content (AvgIpc) is 3.29. The Bertz CT molecular complexity index is 1130. The van der Waals surface area contributed by atoms with Gasteiger partial charge in [0.15, 0.2) is 0 Å². The molecule has 3 rings (SSSR count). The van der Waals surface area contributed by atoms with Crippen molar-refractivity contribution in [3.8, 4) is 16.3 Å². The van der Waals surface area contributed by atoms with Crippen LogP contribution in [0.15, 0.2) is 48.5 Å². The summed E-state index contributed by atoms with van der Waals surface area (Å²) in [5.74, 6) is 0.0175. The molecule has 0 aliphatic carbocycles. The maximum Gasteiger partial charge on any atom is 0.416 e. The van der Waals surface area contributed by atoms with Gasteiger partial charge in [-0.25, -0.2) is 0 Å². The van der Waals surface area contributed by atoms with Crippen LogP contribution >= 0.6 is 11.3 Å². The van der Waals surface area contributed by atoms with Crippen LogP contribution in [-0.4, -0.2) is 47.1 Å². The molecule has 0 saturated heterocycles. The number of nitrogens with zero attached hydrogens (tertiary/aromatic N) is 3. The Morgan fingerprint density at radius 1 is 1.09 bits per heavy atom. The zero-order valence-electron chi connectivity index (χ0n) is 18.6. The number of rotatable bonds is 9. The summed E-state index contributed by atoms with van der Waals surface area (Å²) in [5.41, 5.74) is 0.178. The number of hydrogen-bond acceptors (Lipinski definition) is 6. The van der Waals surface area contributed by atoms with Gasteiger partial charge in [-0.15, -0.1) is 10.2 Å². The first kappa shape index (κ1) is 25.2. The Morgan fingerprint density at radius 3 is 2.47 bits per heavy atom. The molecule has 11 heteroatoms. The third-order valence-corrected chi connectivity index (χ3v) is 5.72. The van der Waals surface area contributed by atoms with Crippen molar-refractivity contribution in [2.45, 2.75) is 25.9 Å². The minimum Gasteiger partial charge on any atom is -0.497 e. The fraction of sp³-hybridized carbons (Fsp3) is 0.304. The molecule has 1 N–H and O–H groups in total. The van der Waals surface area contributed by atoms with E-state index in [1.807, 2.05) is 6.92 Å². The Kier molecular flexibility index (Phi) is 8.21. The molecule has 1 aromatic heterocycles. The van der Waals surface area contributed by atoms with Crippen LogP contribution < -0.4 is 10.1 Å². The van der Waals surface area contributed by atoms with Crippen molar-refractivity contribution in [2.24, 2.45) is 0 Å². The van der Waals surface area contributed by atoms with Crippen LogP contribution in [-0.2, 0) is 11.0 Å². The molecule has 0 radical (unpaired) electrons. The third-order valence-electron chi connectivity index (χ3n) is 4.84. The summed E-state index contributed by atoms with van der Waals surface area (Å²) in [4.78, 5) is 26.9. The topological polar surface area (TPSA) is 84.4 Å². The third kappa shape index (κ3) is 6.53. The number of ether oxygens (including phenoxy) is 1. The standard InChI is InChI=1S/C23H23F3N4O3S/c1-3-12-30(21(32)16-5-4-6-18(14-16)33-2)13-11-19(31)27-22-29-28-20(34-22)15-7-9-17(10-8-15)23(24,25)26/h4-10,14H,3,11-13H2,1-2H3,(H,27,29,31). The number of anilines is 1. The predicted octanol–water partition coefficient (Wildman–Crippen LogP) is 5.11. The fourth-order valence-corrected chi connectivity index (χ4v) is 3.90. The number of alkyl halides is 3. The van der Waals surface area contributed by atoms with E-state index >= 15 is 0 Å². The molecule has 3 aromatic rings. The first-order valence-corrected chi connectivity index (χ1v) is 11.3. The van der Waals surface area contributed by atoms with E-state index in [4.69, 9.17) is 4.74 Å². The number of amides is 2. The Balaban J connectivity index is 1.59. The zero-order valence-corrected chi connectivity index (χ0v) is 19.4. The van der Waals surface area contributed by atoms with Crippen molar-refractivity contribution < 1.29 is 27.5 Å². The predicted molar refractivity (Wildman–Crippen MR) is 123 cm³/mol. The summed E-state index contributed by atoms with van der Waals surface area (Å²) in [6.07, 6.45) is -3.65. The maximum absolute atomic E-state index is 12.9. The van der Waals surface area contributed by atoms with Gasteiger partial charge in [0, 0.05) is 30.6 Å². The second-order valence-corrected chi connectivity index (χ2v) is 8.29. The van der Waals surface area contributed by atoms with Gasteiger partial charge in [0.1, 0.15) is 10.8 Å². The van der Waals surface area contributed by atoms with Crippen LogP contribution in [0.2, 0.25) is 0 Å². The molecule has 0 spiro atoms. The minimum atomic E-state index is -4.42. The summed E-state index contributed by atoms with van der Waals surface area (Å²) in [7, 11) is 1.52. The van der Waals surface area contributed by atoms with Gasteiger partial charge in [-0.1, -0.05) is 36.5 Å². The van der Waals surface area contributed by atoms with E-state index in [-0.39, 0.29) is 29.9 Å². The van der Waals surface area contributed by atoms with Crippen LogP contribution in [0.3, 0.4) is 0 Å². The highest BCUT2D eigenvalue weighted by atomic mass is 32.1. The van der Waals surface area contributed by atoms with Gasteiger partial charge < -0.3 is 15.0 Å². The van der Waals surface area contributed by atoms with E-state index in [1.54, 1.807) is 29.2 Å². The highest BCUT2D eigenvalue weighted by Gasteiger charge is 2.30. The molecule has 0 fully saturated rings. The van der Waals surface area contributed by atoms with Gasteiger partial charge in [-0.2, -0.15) is 13.2 Å². The van der Waals surface area contributed by atoms with Crippen molar-refractivity contribution in [1.82, 2.24) is 15.1 Å². The number of methoxy groups -OCH3 is 1. The van der Waals surface area contributed by atoms with Crippen LogP contribution in [0, 0.1) is 0 Å². The number of carbonyl (C=O) groups excluding carboxylic acids is 2. The van der Waals surface area contributed by atoms with E-state index in [2.05, 4.69) is 15.5 Å². The van der Waals surface area contributed by atoms with Crippen molar-refractivity contribution >= 4 is 28.3 Å². The summed E-state index contributed by atoms with van der Waals surface area (Å²) in [6, 6.07) is 11.4. The molecular weight excluding hydrogens is 469 g/mol. The average molecular weight is 493 g/mol. The molecule has 0 unspecified atom stereocenters. The van der Waals surface area contributed by atoms with E-state index in [0.29, 0.717) is 28.4 Å². The van der Waals surface area contributed by atoms with Gasteiger partial charge in [0.2, 0.25) is 11.0 Å². The molecular formula is C23H23F3N4O3S. The number of benzene rings is 2. The lowest BCUT2D eigenvalue weighted by Gasteiger charge is -2.22. The van der Waals surface area contributed by atoms with E-state index in [1.165, 1.54) is 19.2 Å². The molecule has 0 atom stereocenters. The van der Waals surface area contributed by atoms with Crippen LogP contribution in [0.1, 0.15) is 35.7 Å². The Morgan fingerprint density at radius 2 is 1.82 bits per heavy atom. The Hall–Kier alpha value is -3.47. The fourth-order valence-electron chi connectivity index (χ4n) is 3.13. The van der Waals surface area contributed by atoms with Crippen LogP contribution in [0.4, 0.5) is 18.3 Å². The van der Waals surface area contributed by atoms with Crippen molar-refractivity contribution in [2.75, 3.05) is 25.5 Å². The molecule has 180 valence electrons. The highest BCUT2D eigenvalue weighted by Crippen LogP contribution is 2.32. The largest absolute Gasteiger partial charge is 0.497 e. The molecule has 1 heterocycles. The Labute approximate surface area is 198 Å². The summed E-state index contributed by atoms with van der Waals surface area (Å²) in [6.45, 7) is 2.64. The quantitative estimate of drug-likeness (QED) is 0.449. The highest BCUT2D eigenvalue weighted by molar-refractivity contribution is 7.18. The molecule has 0 bridgehead atoms. The number of carbonyl (C=O) groups is 2. The van der Waals surface area contributed by atoms with Gasteiger partial charge in [-0.3, -0.25) is 9.59 Å². The second kappa shape index (κ2) is 11.1. The molecule has 7 nitrogen and oxygen atoms in total. The van der Waals surface area contributed by atoms with Crippen LogP contribution in [0.5, 0.6) is 5.75 Å². The van der Waals surface area contributed by atoms with Crippen molar-refractivity contribution in [3.05, 3.63) is 59.7 Å². The maximum atomic E-state index is 12.9. The van der Waals surface area contributed by atoms with E-state index < -0.39 is 11.7 Å². The SMILES string of the molecule is CCCN(CCC(=O)Nc1nnc(-c2ccc(C(F)(F)F)cc2)s1)C(=O)c1cccc(OC)c1. The number of hydrogen-bond donors (Lipinski definition) is 1. The molecule has 0 saturated carbocycles. The molecule has 34 heavy (non-hydrogen) atoms. The second-order valence-electron chi connectivity index (χ2n) is 7.31. The first-order valence-electron chi connectivity index (χ1n) is 10.5. The molecule has 2 amide bonds. The van der Waals surface area contributed by atoms with Crippen LogP contribution in [0.25, 0.3) is 10.6 Å². The van der Waals surface area contributed by atoms with Gasteiger partial charge in [0.05, 0.1) is 12.7 Å². The molecule has 0 aliphatic rings. The summed E-state index contributed by atoms with van der Waals surface area (Å²) >= 11 is 1.05. The lowest BCUT2D eigenvalue weighted by atomic mass is 10.1. The normalized spacial score (nSPS) is 11.2. The number of aromatic nitrogens is 2. The van der Waals surface area contributed by atoms with E-state index in [9.17, 15) is 22.8 Å². The summed E-state index contributed by atoms with van der Waals surface area (Å²) < 4.78 is 43.3. The minimum absolute atomic E-state index is 0.0465. The van der Waals surface area contributed by atoms with E-state index in [0.717, 1.165) is 29.9 Å². The van der Waals surface area contributed by atoms with Gasteiger partial charge in [-0.05, 0) is 36.8 Å². The molecule has 2 aromatic carbocycles. The lowest BCUT2D eigenvalue weighted by molar-refractivity contribution is -0.137. The number of halogens is 3. The van der Waals surface area contributed by atoms with Crippen molar-refractivity contribution in [1.29, 1.82) is 0 Å². The monoisotopic (exact) mass is 492 g/mol. The van der Waals surface area contributed by atoms with Crippen molar-refractivity contribution in [3.63, 3.8) is 0 Å². The number of nitrogens with one attached hydrogen (secondary N) is 1. The van der Waals surface area contributed by atoms with Gasteiger partial charge >= 0.3 is 6.18 Å².